The molecule has 0 aliphatic carbocycles. The largest absolute Gasteiger partial charge is 0.573 e. The molecule has 0 radical (unpaired) electrons. The van der Waals surface area contributed by atoms with Gasteiger partial charge in [0.25, 0.3) is 0 Å². The highest BCUT2D eigenvalue weighted by Gasteiger charge is 2.39. The molecule has 22 heavy (non-hydrogen) atoms. The third-order valence-corrected chi connectivity index (χ3v) is 3.92. The van der Waals surface area contributed by atoms with E-state index in [0.29, 0.717) is 6.42 Å². The number of carbonyl (C=O) groups excluding carboxylic acids is 1. The first-order valence-electron chi connectivity index (χ1n) is 7.23. The normalized spacial score (nSPS) is 21.6. The van der Waals surface area contributed by atoms with Gasteiger partial charge in [0.15, 0.2) is 0 Å². The molecule has 1 aliphatic heterocycles. The second-order valence-electron chi connectivity index (χ2n) is 5.30. The quantitative estimate of drug-likeness (QED) is 0.878. The molecule has 0 saturated carbocycles. The van der Waals surface area contributed by atoms with Crippen LogP contribution in [0.5, 0.6) is 5.75 Å². The molecule has 1 heterocycles. The molecule has 7 heteroatoms. The fourth-order valence-corrected chi connectivity index (χ4v) is 2.68. The Morgan fingerprint density at radius 3 is 2.73 bits per heavy atom. The van der Waals surface area contributed by atoms with E-state index < -0.39 is 11.9 Å². The Hall–Kier alpha value is -1.76. The Bertz CT molecular complexity index is 526. The zero-order valence-electron chi connectivity index (χ0n) is 12.3. The number of nitrogens with one attached hydrogen (secondary N) is 2. The second-order valence-corrected chi connectivity index (χ2v) is 5.30. The van der Waals surface area contributed by atoms with Crippen LogP contribution in [0.4, 0.5) is 13.2 Å². The summed E-state index contributed by atoms with van der Waals surface area (Å²) in [5.41, 5.74) is -0.322. The van der Waals surface area contributed by atoms with E-state index in [1.165, 1.54) is 18.2 Å². The van der Waals surface area contributed by atoms with Gasteiger partial charge in [-0.15, -0.1) is 13.2 Å². The lowest BCUT2D eigenvalue weighted by molar-refractivity contribution is -0.274. The molecule has 1 aliphatic rings. The lowest BCUT2D eigenvalue weighted by Gasteiger charge is -2.27. The van der Waals surface area contributed by atoms with E-state index in [4.69, 9.17) is 0 Å². The topological polar surface area (TPSA) is 50.4 Å². The summed E-state index contributed by atoms with van der Waals surface area (Å²) in [5, 5.41) is 5.90. The maximum Gasteiger partial charge on any atom is 0.573 e. The van der Waals surface area contributed by atoms with Crippen molar-refractivity contribution < 1.29 is 22.7 Å². The maximum atomic E-state index is 12.4. The SMILES string of the molecule is CCC1(C(=O)NCc2ccccc2OC(F)(F)F)CCCN1. The van der Waals surface area contributed by atoms with Crippen molar-refractivity contribution in [3.8, 4) is 5.75 Å². The smallest absolute Gasteiger partial charge is 0.405 e. The maximum absolute atomic E-state index is 12.4. The van der Waals surface area contributed by atoms with Gasteiger partial charge < -0.3 is 15.4 Å². The van der Waals surface area contributed by atoms with E-state index in [2.05, 4.69) is 15.4 Å². The zero-order chi connectivity index (χ0) is 16.2. The van der Waals surface area contributed by atoms with Gasteiger partial charge in [0.05, 0.1) is 5.54 Å². The standard InChI is InChI=1S/C15H19F3N2O2/c1-2-14(8-5-9-20-14)13(21)19-10-11-6-3-4-7-12(11)22-15(16,17)18/h3-4,6-7,20H,2,5,8-10H2,1H3,(H,19,21). The summed E-state index contributed by atoms with van der Waals surface area (Å²) in [6.07, 6.45) is -2.47. The molecule has 1 atom stereocenters. The van der Waals surface area contributed by atoms with Gasteiger partial charge in [-0.2, -0.15) is 0 Å². The van der Waals surface area contributed by atoms with Crippen molar-refractivity contribution in [1.29, 1.82) is 0 Å². The average Bonchev–Trinajstić information content (AvgIpc) is 2.94. The van der Waals surface area contributed by atoms with Crippen LogP contribution in [0.25, 0.3) is 0 Å². The predicted octanol–water partition coefficient (Wildman–Crippen LogP) is 2.73. The van der Waals surface area contributed by atoms with Crippen molar-refractivity contribution >= 4 is 5.91 Å². The second kappa shape index (κ2) is 6.56. The Labute approximate surface area is 127 Å². The molecule has 1 saturated heterocycles. The van der Waals surface area contributed by atoms with Gasteiger partial charge >= 0.3 is 6.36 Å². The van der Waals surface area contributed by atoms with Crippen molar-refractivity contribution in [3.63, 3.8) is 0 Å². The highest BCUT2D eigenvalue weighted by atomic mass is 19.4. The first-order chi connectivity index (χ1) is 10.4. The Morgan fingerprint density at radius 2 is 2.14 bits per heavy atom. The van der Waals surface area contributed by atoms with Crippen LogP contribution in [0.1, 0.15) is 31.7 Å². The first kappa shape index (κ1) is 16.6. The predicted molar refractivity (Wildman–Crippen MR) is 75.2 cm³/mol. The summed E-state index contributed by atoms with van der Waals surface area (Å²) in [6.45, 7) is 2.68. The van der Waals surface area contributed by atoms with E-state index in [1.807, 2.05) is 6.92 Å². The van der Waals surface area contributed by atoms with Crippen molar-refractivity contribution in [2.45, 2.75) is 44.6 Å². The number of hydrogen-bond donors (Lipinski definition) is 2. The summed E-state index contributed by atoms with van der Waals surface area (Å²) in [5.74, 6) is -0.477. The molecule has 1 aromatic carbocycles. The molecular formula is C15H19F3N2O2. The van der Waals surface area contributed by atoms with E-state index in [-0.39, 0.29) is 23.8 Å². The molecule has 0 bridgehead atoms. The molecule has 2 N–H and O–H groups in total. The van der Waals surface area contributed by atoms with Crippen molar-refractivity contribution in [2.24, 2.45) is 0 Å². The van der Waals surface area contributed by atoms with E-state index in [1.54, 1.807) is 6.07 Å². The Kier molecular flexibility index (Phi) is 4.95. The molecule has 1 unspecified atom stereocenters. The van der Waals surface area contributed by atoms with Gasteiger partial charge in [-0.1, -0.05) is 25.1 Å². The summed E-state index contributed by atoms with van der Waals surface area (Å²) in [6, 6.07) is 5.80. The number of ether oxygens (including phenoxy) is 1. The van der Waals surface area contributed by atoms with E-state index in [0.717, 1.165) is 19.4 Å². The number of alkyl halides is 3. The molecule has 122 valence electrons. The van der Waals surface area contributed by atoms with E-state index >= 15 is 0 Å². The minimum absolute atomic E-state index is 0.00544. The number of hydrogen-bond acceptors (Lipinski definition) is 3. The molecule has 1 amide bonds. The van der Waals surface area contributed by atoms with Crippen molar-refractivity contribution in [3.05, 3.63) is 29.8 Å². The molecular weight excluding hydrogens is 297 g/mol. The first-order valence-corrected chi connectivity index (χ1v) is 7.23. The van der Waals surface area contributed by atoms with Gasteiger partial charge in [-0.05, 0) is 31.9 Å². The minimum Gasteiger partial charge on any atom is -0.405 e. The third kappa shape index (κ3) is 3.91. The Morgan fingerprint density at radius 1 is 1.41 bits per heavy atom. The molecule has 1 aromatic rings. The number of halogens is 3. The Balaban J connectivity index is 2.04. The van der Waals surface area contributed by atoms with Crippen LogP contribution < -0.4 is 15.4 Å². The van der Waals surface area contributed by atoms with Crippen LogP contribution in [-0.4, -0.2) is 24.4 Å². The summed E-state index contributed by atoms with van der Waals surface area (Å²) in [7, 11) is 0. The number of para-hydroxylation sites is 1. The summed E-state index contributed by atoms with van der Waals surface area (Å²) < 4.78 is 41.1. The molecule has 0 aromatic heterocycles. The fourth-order valence-electron chi connectivity index (χ4n) is 2.68. The minimum atomic E-state index is -4.75. The van der Waals surface area contributed by atoms with Gasteiger partial charge in [0, 0.05) is 12.1 Å². The van der Waals surface area contributed by atoms with Crippen molar-refractivity contribution in [2.75, 3.05) is 6.54 Å². The summed E-state index contributed by atoms with van der Waals surface area (Å²) in [4.78, 5) is 12.3. The highest BCUT2D eigenvalue weighted by molar-refractivity contribution is 5.86. The van der Waals surface area contributed by atoms with Crippen molar-refractivity contribution in [1.82, 2.24) is 10.6 Å². The van der Waals surface area contributed by atoms with Gasteiger partial charge in [0.2, 0.25) is 5.91 Å². The fraction of sp³-hybridized carbons (Fsp3) is 0.533. The number of rotatable bonds is 5. The number of carbonyl (C=O) groups is 1. The van der Waals surface area contributed by atoms with E-state index in [9.17, 15) is 18.0 Å². The van der Waals surface area contributed by atoms with Gasteiger partial charge in [0.1, 0.15) is 5.75 Å². The molecule has 4 nitrogen and oxygen atoms in total. The monoisotopic (exact) mass is 316 g/mol. The highest BCUT2D eigenvalue weighted by Crippen LogP contribution is 2.27. The van der Waals surface area contributed by atoms with Gasteiger partial charge in [-0.3, -0.25) is 4.79 Å². The molecule has 2 rings (SSSR count). The van der Waals surface area contributed by atoms with Crippen LogP contribution in [0.2, 0.25) is 0 Å². The van der Waals surface area contributed by atoms with Crippen LogP contribution in [0.3, 0.4) is 0 Å². The van der Waals surface area contributed by atoms with Crippen LogP contribution >= 0.6 is 0 Å². The van der Waals surface area contributed by atoms with Gasteiger partial charge in [-0.25, -0.2) is 0 Å². The van der Waals surface area contributed by atoms with Crippen LogP contribution in [-0.2, 0) is 11.3 Å². The zero-order valence-corrected chi connectivity index (χ0v) is 12.3. The molecule has 0 spiro atoms. The van der Waals surface area contributed by atoms with Crippen LogP contribution in [0.15, 0.2) is 24.3 Å². The third-order valence-electron chi connectivity index (χ3n) is 3.92. The van der Waals surface area contributed by atoms with Crippen LogP contribution in [0, 0.1) is 0 Å². The number of benzene rings is 1. The summed E-state index contributed by atoms with van der Waals surface area (Å²) >= 11 is 0. The lowest BCUT2D eigenvalue weighted by atomic mass is 9.93. The lowest BCUT2D eigenvalue weighted by Crippen LogP contribution is -2.52. The average molecular weight is 316 g/mol. The number of amides is 1. The molecule has 1 fully saturated rings.